The minimum Gasteiger partial charge on any atom is -0.376 e. The molecule has 0 spiro atoms. The van der Waals surface area contributed by atoms with E-state index in [1.165, 1.54) is 12.8 Å². The van der Waals surface area contributed by atoms with Crippen LogP contribution in [0.25, 0.3) is 10.9 Å². The largest absolute Gasteiger partial charge is 0.376 e. The number of urea groups is 1. The lowest BCUT2D eigenvalue weighted by Gasteiger charge is -2.18. The summed E-state index contributed by atoms with van der Waals surface area (Å²) < 4.78 is 5.90. The van der Waals surface area contributed by atoms with E-state index in [-0.39, 0.29) is 12.1 Å². The van der Waals surface area contributed by atoms with Gasteiger partial charge in [0.2, 0.25) is 0 Å². The van der Waals surface area contributed by atoms with Gasteiger partial charge in [0.25, 0.3) is 0 Å². The normalized spacial score (nSPS) is 20.9. The molecule has 2 fully saturated rings. The van der Waals surface area contributed by atoms with Crippen molar-refractivity contribution in [2.24, 2.45) is 5.92 Å². The van der Waals surface area contributed by atoms with Crippen molar-refractivity contribution in [3.63, 3.8) is 0 Å². The lowest BCUT2D eigenvalue weighted by Crippen LogP contribution is -2.34. The van der Waals surface area contributed by atoms with Gasteiger partial charge in [0, 0.05) is 31.3 Å². The summed E-state index contributed by atoms with van der Waals surface area (Å²) in [4.78, 5) is 18.7. The van der Waals surface area contributed by atoms with Crippen LogP contribution in [0.1, 0.15) is 19.3 Å². The van der Waals surface area contributed by atoms with Crippen molar-refractivity contribution < 1.29 is 9.53 Å². The molecule has 2 heterocycles. The third-order valence-electron chi connectivity index (χ3n) is 4.58. The number of fused-ring (bicyclic) bond motifs is 1. The van der Waals surface area contributed by atoms with E-state index < -0.39 is 0 Å². The molecule has 0 bridgehead atoms. The standard InChI is InChI=1S/C18H21N3O2/c22-18(21-10-8-14(11-21)23-12-13-6-7-13)20-17-5-1-4-16-15(17)3-2-9-19-16/h1-5,9,13-14H,6-8,10-12H2,(H,20,22). The Morgan fingerprint density at radius 3 is 3.04 bits per heavy atom. The number of rotatable bonds is 4. The SMILES string of the molecule is O=C(Nc1cccc2ncccc12)N1CCC(OCC2CC2)C1. The number of hydrogen-bond donors (Lipinski definition) is 1. The monoisotopic (exact) mass is 311 g/mol. The first kappa shape index (κ1) is 14.5. The summed E-state index contributed by atoms with van der Waals surface area (Å²) in [6, 6.07) is 9.58. The molecule has 2 aromatic rings. The number of ether oxygens (including phenoxy) is 1. The molecule has 1 aromatic carbocycles. The summed E-state index contributed by atoms with van der Waals surface area (Å²) in [5, 5.41) is 3.98. The fourth-order valence-corrected chi connectivity index (χ4v) is 3.01. The predicted molar refractivity (Wildman–Crippen MR) is 89.4 cm³/mol. The van der Waals surface area contributed by atoms with Gasteiger partial charge in [0.15, 0.2) is 0 Å². The van der Waals surface area contributed by atoms with E-state index >= 15 is 0 Å². The van der Waals surface area contributed by atoms with Gasteiger partial charge in [-0.05, 0) is 49.4 Å². The Morgan fingerprint density at radius 1 is 1.26 bits per heavy atom. The van der Waals surface area contributed by atoms with Crippen LogP contribution in [-0.4, -0.2) is 41.7 Å². The molecular formula is C18H21N3O2. The number of carbonyl (C=O) groups excluding carboxylic acids is 1. The zero-order chi connectivity index (χ0) is 15.6. The minimum absolute atomic E-state index is 0.0566. The van der Waals surface area contributed by atoms with Crippen molar-refractivity contribution in [2.75, 3.05) is 25.0 Å². The maximum Gasteiger partial charge on any atom is 0.321 e. The maximum absolute atomic E-state index is 12.5. The molecule has 1 aliphatic carbocycles. The quantitative estimate of drug-likeness (QED) is 0.943. The Labute approximate surface area is 135 Å². The highest BCUT2D eigenvalue weighted by atomic mass is 16.5. The van der Waals surface area contributed by atoms with Crippen LogP contribution in [0.3, 0.4) is 0 Å². The second-order valence-corrected chi connectivity index (χ2v) is 6.44. The zero-order valence-electron chi connectivity index (χ0n) is 13.1. The molecule has 23 heavy (non-hydrogen) atoms. The summed E-state index contributed by atoms with van der Waals surface area (Å²) in [5.41, 5.74) is 1.69. The van der Waals surface area contributed by atoms with Gasteiger partial charge in [0.1, 0.15) is 0 Å². The number of likely N-dealkylation sites (tertiary alicyclic amines) is 1. The number of nitrogens with one attached hydrogen (secondary N) is 1. The van der Waals surface area contributed by atoms with Gasteiger partial charge in [-0.25, -0.2) is 4.79 Å². The van der Waals surface area contributed by atoms with Crippen LogP contribution in [0, 0.1) is 5.92 Å². The highest BCUT2D eigenvalue weighted by molar-refractivity contribution is 6.00. The van der Waals surface area contributed by atoms with Gasteiger partial charge in [-0.3, -0.25) is 4.98 Å². The third kappa shape index (κ3) is 3.29. The Hall–Kier alpha value is -2.14. The topological polar surface area (TPSA) is 54.5 Å². The molecule has 1 aliphatic heterocycles. The van der Waals surface area contributed by atoms with Crippen molar-refractivity contribution >= 4 is 22.6 Å². The Bertz CT molecular complexity index is 709. The zero-order valence-corrected chi connectivity index (χ0v) is 13.1. The summed E-state index contributed by atoms with van der Waals surface area (Å²) >= 11 is 0. The van der Waals surface area contributed by atoms with Crippen LogP contribution in [-0.2, 0) is 4.74 Å². The number of anilines is 1. The Balaban J connectivity index is 1.39. The fourth-order valence-electron chi connectivity index (χ4n) is 3.01. The molecule has 2 amide bonds. The molecule has 5 heteroatoms. The molecule has 120 valence electrons. The van der Waals surface area contributed by atoms with E-state index in [0.717, 1.165) is 42.1 Å². The van der Waals surface area contributed by atoms with E-state index in [1.807, 2.05) is 35.2 Å². The number of carbonyl (C=O) groups is 1. The van der Waals surface area contributed by atoms with Crippen LogP contribution < -0.4 is 5.32 Å². The van der Waals surface area contributed by atoms with Crippen LogP contribution >= 0.6 is 0 Å². The van der Waals surface area contributed by atoms with Crippen molar-refractivity contribution in [1.29, 1.82) is 0 Å². The lowest BCUT2D eigenvalue weighted by atomic mass is 10.2. The average molecular weight is 311 g/mol. The molecule has 5 nitrogen and oxygen atoms in total. The van der Waals surface area contributed by atoms with Crippen LogP contribution in [0.5, 0.6) is 0 Å². The van der Waals surface area contributed by atoms with E-state index in [0.29, 0.717) is 6.54 Å². The average Bonchev–Trinajstić information content (AvgIpc) is 3.29. The molecule has 1 unspecified atom stereocenters. The van der Waals surface area contributed by atoms with Gasteiger partial charge < -0.3 is 15.0 Å². The van der Waals surface area contributed by atoms with Crippen LogP contribution in [0.2, 0.25) is 0 Å². The molecule has 4 rings (SSSR count). The van der Waals surface area contributed by atoms with Gasteiger partial charge in [0.05, 0.1) is 17.3 Å². The lowest BCUT2D eigenvalue weighted by molar-refractivity contribution is 0.0543. The highest BCUT2D eigenvalue weighted by Crippen LogP contribution is 2.30. The van der Waals surface area contributed by atoms with Gasteiger partial charge >= 0.3 is 6.03 Å². The number of hydrogen-bond acceptors (Lipinski definition) is 3. The number of aromatic nitrogens is 1. The first-order valence-corrected chi connectivity index (χ1v) is 8.31. The molecule has 2 aliphatic rings. The first-order chi connectivity index (χ1) is 11.3. The van der Waals surface area contributed by atoms with Crippen molar-refractivity contribution in [3.8, 4) is 0 Å². The highest BCUT2D eigenvalue weighted by Gasteiger charge is 2.29. The molecule has 1 aromatic heterocycles. The third-order valence-corrected chi connectivity index (χ3v) is 4.58. The van der Waals surface area contributed by atoms with Crippen molar-refractivity contribution in [2.45, 2.75) is 25.4 Å². The van der Waals surface area contributed by atoms with Crippen LogP contribution in [0.4, 0.5) is 10.5 Å². The Morgan fingerprint density at radius 2 is 2.17 bits per heavy atom. The predicted octanol–water partition coefficient (Wildman–Crippen LogP) is 3.27. The molecule has 1 saturated heterocycles. The Kier molecular flexibility index (Phi) is 3.87. The van der Waals surface area contributed by atoms with Gasteiger partial charge in [-0.1, -0.05) is 6.07 Å². The maximum atomic E-state index is 12.5. The van der Waals surface area contributed by atoms with Gasteiger partial charge in [-0.15, -0.1) is 0 Å². The summed E-state index contributed by atoms with van der Waals surface area (Å²) in [5.74, 6) is 0.765. The molecular weight excluding hydrogens is 290 g/mol. The minimum atomic E-state index is -0.0566. The molecule has 1 saturated carbocycles. The van der Waals surface area contributed by atoms with Crippen molar-refractivity contribution in [1.82, 2.24) is 9.88 Å². The second kappa shape index (κ2) is 6.16. The summed E-state index contributed by atoms with van der Waals surface area (Å²) in [6.07, 6.45) is 5.47. The van der Waals surface area contributed by atoms with E-state index in [9.17, 15) is 4.79 Å². The second-order valence-electron chi connectivity index (χ2n) is 6.44. The fraction of sp³-hybridized carbons (Fsp3) is 0.444. The molecule has 0 radical (unpaired) electrons. The first-order valence-electron chi connectivity index (χ1n) is 8.31. The molecule has 1 atom stereocenters. The van der Waals surface area contributed by atoms with E-state index in [1.54, 1.807) is 6.20 Å². The smallest absolute Gasteiger partial charge is 0.321 e. The summed E-state index contributed by atoms with van der Waals surface area (Å²) in [7, 11) is 0. The number of nitrogens with zero attached hydrogens (tertiary/aromatic N) is 2. The number of amides is 2. The number of pyridine rings is 1. The van der Waals surface area contributed by atoms with E-state index in [4.69, 9.17) is 4.74 Å². The number of benzene rings is 1. The molecule has 1 N–H and O–H groups in total. The summed E-state index contributed by atoms with van der Waals surface area (Å²) in [6.45, 7) is 2.29. The van der Waals surface area contributed by atoms with E-state index in [2.05, 4.69) is 10.3 Å². The van der Waals surface area contributed by atoms with Crippen molar-refractivity contribution in [3.05, 3.63) is 36.5 Å². The van der Waals surface area contributed by atoms with Gasteiger partial charge in [-0.2, -0.15) is 0 Å². The van der Waals surface area contributed by atoms with Crippen LogP contribution in [0.15, 0.2) is 36.5 Å².